The van der Waals surface area contributed by atoms with Crippen LogP contribution >= 0.6 is 27.7 Å². The van der Waals surface area contributed by atoms with Gasteiger partial charge >= 0.3 is 0 Å². The van der Waals surface area contributed by atoms with Crippen LogP contribution in [0.2, 0.25) is 0 Å². The fraction of sp³-hybridized carbons (Fsp3) is 0.538. The first-order valence-electron chi connectivity index (χ1n) is 6.01. The van der Waals surface area contributed by atoms with E-state index in [1.807, 2.05) is 11.8 Å². The third-order valence-electron chi connectivity index (χ3n) is 3.15. The van der Waals surface area contributed by atoms with Gasteiger partial charge < -0.3 is 5.73 Å². The van der Waals surface area contributed by atoms with E-state index in [0.717, 1.165) is 17.6 Å². The molecule has 1 aromatic carbocycles. The van der Waals surface area contributed by atoms with Gasteiger partial charge in [0.25, 0.3) is 0 Å². The maximum absolute atomic E-state index is 6.18. The van der Waals surface area contributed by atoms with E-state index in [2.05, 4.69) is 52.0 Å². The van der Waals surface area contributed by atoms with Crippen LogP contribution in [0.1, 0.15) is 18.5 Å². The smallest absolute Gasteiger partial charge is 0.0497 e. The Kier molecular flexibility index (Phi) is 4.91. The van der Waals surface area contributed by atoms with E-state index in [0.29, 0.717) is 6.04 Å². The molecule has 2 nitrogen and oxygen atoms in total. The Morgan fingerprint density at radius 1 is 1.24 bits per heavy atom. The van der Waals surface area contributed by atoms with Crippen molar-refractivity contribution in [1.29, 1.82) is 0 Å². The van der Waals surface area contributed by atoms with Crippen LogP contribution in [-0.2, 0) is 0 Å². The molecule has 1 fully saturated rings. The van der Waals surface area contributed by atoms with Gasteiger partial charge in [-0.1, -0.05) is 28.1 Å². The van der Waals surface area contributed by atoms with Crippen molar-refractivity contribution in [2.75, 3.05) is 24.6 Å². The first kappa shape index (κ1) is 13.4. The van der Waals surface area contributed by atoms with Gasteiger partial charge in [-0.2, -0.15) is 11.8 Å². The lowest BCUT2D eigenvalue weighted by molar-refractivity contribution is 0.195. The van der Waals surface area contributed by atoms with Crippen molar-refractivity contribution in [1.82, 2.24) is 4.90 Å². The maximum Gasteiger partial charge on any atom is 0.0497 e. The number of hydrogen-bond donors (Lipinski definition) is 1. The van der Waals surface area contributed by atoms with Crippen molar-refractivity contribution in [3.63, 3.8) is 0 Å². The van der Waals surface area contributed by atoms with Gasteiger partial charge in [0.15, 0.2) is 0 Å². The molecule has 2 unspecified atom stereocenters. The van der Waals surface area contributed by atoms with Crippen LogP contribution in [0.25, 0.3) is 0 Å². The van der Waals surface area contributed by atoms with Gasteiger partial charge in [-0.3, -0.25) is 4.90 Å². The molecular formula is C13H19BrN2S. The molecule has 1 aliphatic rings. The highest BCUT2D eigenvalue weighted by atomic mass is 79.9. The fourth-order valence-corrected chi connectivity index (χ4v) is 3.56. The summed E-state index contributed by atoms with van der Waals surface area (Å²) in [7, 11) is 0. The fourth-order valence-electron chi connectivity index (χ4n) is 2.36. The van der Waals surface area contributed by atoms with E-state index >= 15 is 0 Å². The third-order valence-corrected chi connectivity index (χ3v) is 4.62. The zero-order valence-corrected chi connectivity index (χ0v) is 12.5. The van der Waals surface area contributed by atoms with Gasteiger partial charge in [0.2, 0.25) is 0 Å². The lowest BCUT2D eigenvalue weighted by atomic mass is 9.99. The van der Waals surface area contributed by atoms with E-state index < -0.39 is 0 Å². The minimum atomic E-state index is 0.166. The molecule has 1 aromatic rings. The largest absolute Gasteiger partial charge is 0.326 e. The molecule has 4 heteroatoms. The van der Waals surface area contributed by atoms with Gasteiger partial charge in [-0.05, 0) is 24.6 Å². The number of nitrogens with zero attached hydrogens (tertiary/aromatic N) is 1. The predicted molar refractivity (Wildman–Crippen MR) is 79.4 cm³/mol. The SMILES string of the molecule is CC(N)C(c1ccc(Br)cc1)N1CCSCC1. The summed E-state index contributed by atoms with van der Waals surface area (Å²) >= 11 is 5.51. The Balaban J connectivity index is 2.18. The zero-order chi connectivity index (χ0) is 12.3. The molecule has 0 saturated carbocycles. The summed E-state index contributed by atoms with van der Waals surface area (Å²) in [6.07, 6.45) is 0. The average Bonchev–Trinajstić information content (AvgIpc) is 2.33. The molecule has 2 N–H and O–H groups in total. The van der Waals surface area contributed by atoms with Crippen molar-refractivity contribution >= 4 is 27.7 Å². The highest BCUT2D eigenvalue weighted by Crippen LogP contribution is 2.27. The van der Waals surface area contributed by atoms with Crippen LogP contribution in [-0.4, -0.2) is 35.5 Å². The summed E-state index contributed by atoms with van der Waals surface area (Å²) in [6, 6.07) is 9.08. The lowest BCUT2D eigenvalue weighted by Crippen LogP contribution is -2.43. The number of benzene rings is 1. The summed E-state index contributed by atoms with van der Waals surface area (Å²) in [4.78, 5) is 2.52. The normalized spacial score (nSPS) is 21.1. The Hall–Kier alpha value is -0.0300. The van der Waals surface area contributed by atoms with E-state index in [-0.39, 0.29) is 6.04 Å². The number of halogens is 1. The standard InChI is InChI=1S/C13H19BrN2S/c1-10(15)13(16-6-8-17-9-7-16)11-2-4-12(14)5-3-11/h2-5,10,13H,6-9,15H2,1H3. The molecule has 94 valence electrons. The second-order valence-electron chi connectivity index (χ2n) is 4.50. The Labute approximate surface area is 116 Å². The van der Waals surface area contributed by atoms with Crippen molar-refractivity contribution in [3.8, 4) is 0 Å². The van der Waals surface area contributed by atoms with Crippen LogP contribution in [0.4, 0.5) is 0 Å². The van der Waals surface area contributed by atoms with Gasteiger partial charge in [0.05, 0.1) is 0 Å². The molecule has 17 heavy (non-hydrogen) atoms. The molecule has 1 aliphatic heterocycles. The topological polar surface area (TPSA) is 29.3 Å². The molecule has 0 amide bonds. The van der Waals surface area contributed by atoms with Crippen LogP contribution in [0.3, 0.4) is 0 Å². The highest BCUT2D eigenvalue weighted by Gasteiger charge is 2.25. The lowest BCUT2D eigenvalue weighted by Gasteiger charge is -2.36. The first-order valence-corrected chi connectivity index (χ1v) is 7.96. The summed E-state index contributed by atoms with van der Waals surface area (Å²) in [5, 5.41) is 0. The zero-order valence-electron chi connectivity index (χ0n) is 10.1. The van der Waals surface area contributed by atoms with Gasteiger partial charge in [0, 0.05) is 41.2 Å². The quantitative estimate of drug-likeness (QED) is 0.930. The molecular weight excluding hydrogens is 296 g/mol. The molecule has 0 spiro atoms. The molecule has 0 radical (unpaired) electrons. The third kappa shape index (κ3) is 3.47. The molecule has 0 aliphatic carbocycles. The van der Waals surface area contributed by atoms with Gasteiger partial charge in [0.1, 0.15) is 0 Å². The number of rotatable bonds is 3. The summed E-state index contributed by atoms with van der Waals surface area (Å²) in [6.45, 7) is 4.40. The van der Waals surface area contributed by atoms with E-state index in [1.54, 1.807) is 0 Å². The Bertz CT molecular complexity index is 347. The van der Waals surface area contributed by atoms with Crippen molar-refractivity contribution < 1.29 is 0 Å². The minimum absolute atomic E-state index is 0.166. The monoisotopic (exact) mass is 314 g/mol. The van der Waals surface area contributed by atoms with Crippen LogP contribution in [0.15, 0.2) is 28.7 Å². The summed E-state index contributed by atoms with van der Waals surface area (Å²) < 4.78 is 1.12. The van der Waals surface area contributed by atoms with Crippen LogP contribution < -0.4 is 5.73 Å². The summed E-state index contributed by atoms with van der Waals surface area (Å²) in [5.74, 6) is 2.44. The number of hydrogen-bond acceptors (Lipinski definition) is 3. The van der Waals surface area contributed by atoms with Crippen molar-refractivity contribution in [3.05, 3.63) is 34.3 Å². The Morgan fingerprint density at radius 3 is 2.35 bits per heavy atom. The first-order chi connectivity index (χ1) is 8.18. The van der Waals surface area contributed by atoms with Gasteiger partial charge in [-0.15, -0.1) is 0 Å². The van der Waals surface area contributed by atoms with Crippen LogP contribution in [0.5, 0.6) is 0 Å². The highest BCUT2D eigenvalue weighted by molar-refractivity contribution is 9.10. The van der Waals surface area contributed by atoms with E-state index in [4.69, 9.17) is 5.73 Å². The molecule has 0 aromatic heterocycles. The van der Waals surface area contributed by atoms with E-state index in [9.17, 15) is 0 Å². The summed E-state index contributed by atoms with van der Waals surface area (Å²) in [5.41, 5.74) is 7.51. The minimum Gasteiger partial charge on any atom is -0.326 e. The van der Waals surface area contributed by atoms with Crippen LogP contribution in [0, 0.1) is 0 Å². The number of nitrogens with two attached hydrogens (primary N) is 1. The maximum atomic E-state index is 6.18. The second-order valence-corrected chi connectivity index (χ2v) is 6.64. The average molecular weight is 315 g/mol. The van der Waals surface area contributed by atoms with Crippen molar-refractivity contribution in [2.24, 2.45) is 5.73 Å². The predicted octanol–water partition coefficient (Wildman–Crippen LogP) is 2.89. The molecule has 1 saturated heterocycles. The molecule has 1 heterocycles. The van der Waals surface area contributed by atoms with Crippen molar-refractivity contribution in [2.45, 2.75) is 19.0 Å². The molecule has 2 atom stereocenters. The molecule has 2 rings (SSSR count). The molecule has 0 bridgehead atoms. The second kappa shape index (κ2) is 6.23. The van der Waals surface area contributed by atoms with Gasteiger partial charge in [-0.25, -0.2) is 0 Å². The van der Waals surface area contributed by atoms with E-state index in [1.165, 1.54) is 17.1 Å². The number of thioether (sulfide) groups is 1. The Morgan fingerprint density at radius 2 is 1.82 bits per heavy atom.